The van der Waals surface area contributed by atoms with Crippen LogP contribution in [0, 0.1) is 0 Å². The molecule has 3 heteroatoms. The first-order chi connectivity index (χ1) is 7.18. The molecular weight excluding hydrogens is 204 g/mol. The Morgan fingerprint density at radius 3 is 2.13 bits per heavy atom. The summed E-state index contributed by atoms with van der Waals surface area (Å²) >= 11 is 0. The molecule has 0 spiro atoms. The molecule has 0 aliphatic heterocycles. The molecule has 0 N–H and O–H groups in total. The van der Waals surface area contributed by atoms with Gasteiger partial charge in [-0.05, 0) is 12.1 Å². The lowest BCUT2D eigenvalue weighted by molar-refractivity contribution is 0.243. The third-order valence-electron chi connectivity index (χ3n) is 2.77. The minimum atomic E-state index is -2.19. The van der Waals surface area contributed by atoms with Crippen molar-refractivity contribution in [3.05, 3.63) is 48.6 Å². The number of allylic oxidation sites excluding steroid dienone is 1. The largest absolute Gasteiger partial charge is 0.397 e. The summed E-state index contributed by atoms with van der Waals surface area (Å²) in [4.78, 5) is 0. The average molecular weight is 222 g/mol. The second-order valence-corrected chi connectivity index (χ2v) is 7.02. The summed E-state index contributed by atoms with van der Waals surface area (Å²) in [6.45, 7) is 5.92. The zero-order valence-corrected chi connectivity index (χ0v) is 10.6. The van der Waals surface area contributed by atoms with E-state index < -0.39 is 8.56 Å². The van der Waals surface area contributed by atoms with Gasteiger partial charge >= 0.3 is 8.56 Å². The first-order valence-electron chi connectivity index (χ1n) is 4.95. The van der Waals surface area contributed by atoms with Gasteiger partial charge in [0.1, 0.15) is 0 Å². The Kier molecular flexibility index (Phi) is 4.26. The fourth-order valence-electron chi connectivity index (χ4n) is 1.65. The van der Waals surface area contributed by atoms with Crippen LogP contribution in [0.2, 0.25) is 6.55 Å². The fraction of sp³-hybridized carbons (Fsp3) is 0.333. The number of hydrogen-bond acceptors (Lipinski definition) is 2. The summed E-state index contributed by atoms with van der Waals surface area (Å²) in [5.74, 6) is 0. The van der Waals surface area contributed by atoms with Gasteiger partial charge in [-0.2, -0.15) is 0 Å². The van der Waals surface area contributed by atoms with Crippen LogP contribution < -0.4 is 0 Å². The van der Waals surface area contributed by atoms with Gasteiger partial charge in [0, 0.05) is 19.8 Å². The highest BCUT2D eigenvalue weighted by Crippen LogP contribution is 2.28. The molecule has 1 unspecified atom stereocenters. The molecule has 0 bridgehead atoms. The van der Waals surface area contributed by atoms with Crippen LogP contribution in [0.15, 0.2) is 43.0 Å². The maximum atomic E-state index is 5.54. The number of rotatable bonds is 5. The van der Waals surface area contributed by atoms with Gasteiger partial charge in [-0.1, -0.05) is 36.4 Å². The summed E-state index contributed by atoms with van der Waals surface area (Å²) in [5, 5.41) is 0. The summed E-state index contributed by atoms with van der Waals surface area (Å²) in [5.41, 5.74) is 1.36. The lowest BCUT2D eigenvalue weighted by Crippen LogP contribution is -2.42. The fourth-order valence-corrected chi connectivity index (χ4v) is 3.55. The van der Waals surface area contributed by atoms with Crippen molar-refractivity contribution in [3.63, 3.8) is 0 Å². The van der Waals surface area contributed by atoms with E-state index in [4.69, 9.17) is 8.85 Å². The van der Waals surface area contributed by atoms with E-state index in [1.54, 1.807) is 14.2 Å². The van der Waals surface area contributed by atoms with Crippen LogP contribution in [-0.2, 0) is 8.85 Å². The summed E-state index contributed by atoms with van der Waals surface area (Å²) < 4.78 is 11.1. The van der Waals surface area contributed by atoms with E-state index in [-0.39, 0.29) is 5.54 Å². The van der Waals surface area contributed by atoms with Crippen molar-refractivity contribution in [3.8, 4) is 0 Å². The quantitative estimate of drug-likeness (QED) is 0.563. The van der Waals surface area contributed by atoms with Crippen molar-refractivity contribution < 1.29 is 8.85 Å². The Hall–Kier alpha value is -0.903. The standard InChI is InChI=1S/C12H18O2Si/c1-5-12(15(4,13-2)14-3)11-9-7-6-8-10-11/h5-10,12H,1H2,2-4H3. The monoisotopic (exact) mass is 222 g/mol. The first kappa shape index (κ1) is 12.2. The Morgan fingerprint density at radius 2 is 1.73 bits per heavy atom. The van der Waals surface area contributed by atoms with Crippen molar-refractivity contribution >= 4 is 8.56 Å². The van der Waals surface area contributed by atoms with Crippen LogP contribution in [0.25, 0.3) is 0 Å². The van der Waals surface area contributed by atoms with Crippen molar-refractivity contribution in [2.45, 2.75) is 12.1 Å². The molecule has 0 aliphatic rings. The third kappa shape index (κ3) is 2.56. The van der Waals surface area contributed by atoms with E-state index in [2.05, 4.69) is 18.7 Å². The van der Waals surface area contributed by atoms with Crippen LogP contribution in [0.4, 0.5) is 0 Å². The molecule has 1 atom stereocenters. The highest BCUT2D eigenvalue weighted by atomic mass is 28.4. The molecule has 0 radical (unpaired) electrons. The highest BCUT2D eigenvalue weighted by molar-refractivity contribution is 6.68. The average Bonchev–Trinajstić information content (AvgIpc) is 2.31. The van der Waals surface area contributed by atoms with Crippen LogP contribution in [0.3, 0.4) is 0 Å². The summed E-state index contributed by atoms with van der Waals surface area (Å²) in [6.07, 6.45) is 1.91. The molecule has 0 saturated carbocycles. The maximum Gasteiger partial charge on any atom is 0.346 e. The topological polar surface area (TPSA) is 18.5 Å². The zero-order chi connectivity index (χ0) is 11.3. The minimum Gasteiger partial charge on any atom is -0.397 e. The molecule has 0 fully saturated rings. The van der Waals surface area contributed by atoms with E-state index in [9.17, 15) is 0 Å². The van der Waals surface area contributed by atoms with Crippen molar-refractivity contribution in [2.24, 2.45) is 0 Å². The van der Waals surface area contributed by atoms with E-state index in [0.717, 1.165) is 0 Å². The smallest absolute Gasteiger partial charge is 0.346 e. The molecule has 0 heterocycles. The Labute approximate surface area is 92.8 Å². The van der Waals surface area contributed by atoms with Gasteiger partial charge in [0.05, 0.1) is 0 Å². The molecule has 1 aromatic carbocycles. The van der Waals surface area contributed by atoms with Crippen LogP contribution in [0.5, 0.6) is 0 Å². The second kappa shape index (κ2) is 5.26. The molecule has 1 aromatic rings. The van der Waals surface area contributed by atoms with Gasteiger partial charge in [0.2, 0.25) is 0 Å². The molecule has 82 valence electrons. The maximum absolute atomic E-state index is 5.54. The third-order valence-corrected chi connectivity index (χ3v) is 6.09. The number of hydrogen-bond donors (Lipinski definition) is 0. The van der Waals surface area contributed by atoms with Gasteiger partial charge in [0.25, 0.3) is 0 Å². The summed E-state index contributed by atoms with van der Waals surface area (Å²) in [7, 11) is 1.22. The van der Waals surface area contributed by atoms with E-state index in [0.29, 0.717) is 0 Å². The van der Waals surface area contributed by atoms with Crippen molar-refractivity contribution in [1.29, 1.82) is 0 Å². The van der Waals surface area contributed by atoms with E-state index in [1.807, 2.05) is 30.8 Å². The van der Waals surface area contributed by atoms with Gasteiger partial charge < -0.3 is 8.85 Å². The Balaban J connectivity index is 3.03. The predicted molar refractivity (Wildman–Crippen MR) is 65.0 cm³/mol. The molecule has 1 rings (SSSR count). The molecule has 0 saturated heterocycles. The molecule has 15 heavy (non-hydrogen) atoms. The van der Waals surface area contributed by atoms with Crippen LogP contribution >= 0.6 is 0 Å². The van der Waals surface area contributed by atoms with Crippen molar-refractivity contribution in [2.75, 3.05) is 14.2 Å². The molecule has 0 aliphatic carbocycles. The van der Waals surface area contributed by atoms with E-state index >= 15 is 0 Å². The van der Waals surface area contributed by atoms with Crippen LogP contribution in [0.1, 0.15) is 11.1 Å². The van der Waals surface area contributed by atoms with Crippen molar-refractivity contribution in [1.82, 2.24) is 0 Å². The van der Waals surface area contributed by atoms with E-state index in [1.165, 1.54) is 5.56 Å². The Morgan fingerprint density at radius 1 is 1.20 bits per heavy atom. The SMILES string of the molecule is C=CC(c1ccccc1)[Si](C)(OC)OC. The van der Waals surface area contributed by atoms with Gasteiger partial charge in [-0.3, -0.25) is 0 Å². The minimum absolute atomic E-state index is 0.161. The highest BCUT2D eigenvalue weighted by Gasteiger charge is 2.38. The lowest BCUT2D eigenvalue weighted by Gasteiger charge is -2.30. The Bertz CT molecular complexity index is 307. The second-order valence-electron chi connectivity index (χ2n) is 3.55. The normalized spacial score (nSPS) is 13.5. The van der Waals surface area contributed by atoms with Gasteiger partial charge in [0.15, 0.2) is 0 Å². The molecule has 0 amide bonds. The summed E-state index contributed by atoms with van der Waals surface area (Å²) in [6, 6.07) is 10.2. The number of benzene rings is 1. The first-order valence-corrected chi connectivity index (χ1v) is 7.35. The lowest BCUT2D eigenvalue weighted by atomic mass is 10.1. The molecule has 2 nitrogen and oxygen atoms in total. The molecule has 0 aromatic heterocycles. The molecular formula is C12H18O2Si. The van der Waals surface area contributed by atoms with Crippen LogP contribution in [-0.4, -0.2) is 22.8 Å². The zero-order valence-electron chi connectivity index (χ0n) is 9.57. The predicted octanol–water partition coefficient (Wildman–Crippen LogP) is 2.86. The van der Waals surface area contributed by atoms with Gasteiger partial charge in [-0.15, -0.1) is 6.58 Å². The van der Waals surface area contributed by atoms with Gasteiger partial charge in [-0.25, -0.2) is 0 Å².